The number of carboxylic acid groups (broad SMARTS) is 1. The van der Waals surface area contributed by atoms with Crippen LogP contribution in [-0.4, -0.2) is 17.6 Å². The van der Waals surface area contributed by atoms with Gasteiger partial charge in [0.25, 0.3) is 0 Å². The molecule has 0 aromatic rings. The van der Waals surface area contributed by atoms with Crippen LogP contribution in [0.25, 0.3) is 0 Å². The molecule has 0 aromatic heterocycles. The highest BCUT2D eigenvalue weighted by atomic mass is 16.4. The van der Waals surface area contributed by atoms with Crippen LogP contribution in [0.1, 0.15) is 32.6 Å². The standard InChI is InChI=1S/C8H17NO2/c1-2-3-4-7(5-6-9)8(10)11/h7H,2-6,9H2,1H3,(H,10,11). The molecule has 0 heterocycles. The van der Waals surface area contributed by atoms with Crippen LogP contribution in [-0.2, 0) is 4.79 Å². The zero-order valence-electron chi connectivity index (χ0n) is 7.05. The van der Waals surface area contributed by atoms with Gasteiger partial charge in [0.2, 0.25) is 0 Å². The fourth-order valence-corrected chi connectivity index (χ4v) is 1.04. The van der Waals surface area contributed by atoms with E-state index in [4.69, 9.17) is 10.8 Å². The maximum atomic E-state index is 10.5. The van der Waals surface area contributed by atoms with E-state index in [-0.39, 0.29) is 5.92 Å². The second-order valence-electron chi connectivity index (χ2n) is 2.75. The predicted octanol–water partition coefficient (Wildman–Crippen LogP) is 1.23. The summed E-state index contributed by atoms with van der Waals surface area (Å²) in [7, 11) is 0. The van der Waals surface area contributed by atoms with Crippen LogP contribution in [0.2, 0.25) is 0 Å². The lowest BCUT2D eigenvalue weighted by Crippen LogP contribution is -2.17. The first-order chi connectivity index (χ1) is 5.22. The molecule has 0 aliphatic rings. The van der Waals surface area contributed by atoms with Gasteiger partial charge in [-0.05, 0) is 19.4 Å². The third kappa shape index (κ3) is 4.79. The topological polar surface area (TPSA) is 63.3 Å². The van der Waals surface area contributed by atoms with Gasteiger partial charge in [-0.2, -0.15) is 0 Å². The quantitative estimate of drug-likeness (QED) is 0.612. The van der Waals surface area contributed by atoms with E-state index in [0.29, 0.717) is 13.0 Å². The van der Waals surface area contributed by atoms with Gasteiger partial charge in [-0.1, -0.05) is 19.8 Å². The zero-order valence-corrected chi connectivity index (χ0v) is 7.05. The molecule has 3 heteroatoms. The zero-order chi connectivity index (χ0) is 8.69. The Labute approximate surface area is 67.6 Å². The summed E-state index contributed by atoms with van der Waals surface area (Å²) in [4.78, 5) is 10.5. The lowest BCUT2D eigenvalue weighted by Gasteiger charge is -2.08. The van der Waals surface area contributed by atoms with Crippen molar-refractivity contribution in [1.29, 1.82) is 0 Å². The number of carboxylic acids is 1. The normalized spacial score (nSPS) is 12.9. The number of carbonyl (C=O) groups is 1. The molecule has 0 aliphatic carbocycles. The van der Waals surface area contributed by atoms with Crippen LogP contribution >= 0.6 is 0 Å². The minimum Gasteiger partial charge on any atom is -0.481 e. The molecule has 0 saturated heterocycles. The van der Waals surface area contributed by atoms with Crippen LogP contribution in [0.4, 0.5) is 0 Å². The largest absolute Gasteiger partial charge is 0.481 e. The molecule has 0 aromatic carbocycles. The minimum absolute atomic E-state index is 0.222. The summed E-state index contributed by atoms with van der Waals surface area (Å²) in [5, 5.41) is 8.68. The third-order valence-electron chi connectivity index (χ3n) is 1.77. The van der Waals surface area contributed by atoms with Gasteiger partial charge in [0, 0.05) is 0 Å². The molecule has 0 radical (unpaired) electrons. The van der Waals surface area contributed by atoms with Crippen molar-refractivity contribution in [1.82, 2.24) is 0 Å². The summed E-state index contributed by atoms with van der Waals surface area (Å²) in [6.07, 6.45) is 3.41. The van der Waals surface area contributed by atoms with E-state index >= 15 is 0 Å². The van der Waals surface area contributed by atoms with Crippen molar-refractivity contribution < 1.29 is 9.90 Å². The lowest BCUT2D eigenvalue weighted by molar-refractivity contribution is -0.142. The molecular formula is C8H17NO2. The molecule has 0 saturated carbocycles. The molecule has 1 unspecified atom stereocenters. The summed E-state index contributed by atoms with van der Waals surface area (Å²) < 4.78 is 0. The average Bonchev–Trinajstić information content (AvgIpc) is 1.97. The fraction of sp³-hybridized carbons (Fsp3) is 0.875. The van der Waals surface area contributed by atoms with E-state index in [1.807, 2.05) is 0 Å². The van der Waals surface area contributed by atoms with Gasteiger partial charge in [0.1, 0.15) is 0 Å². The molecule has 1 atom stereocenters. The predicted molar refractivity (Wildman–Crippen MR) is 44.3 cm³/mol. The molecule has 3 N–H and O–H groups in total. The highest BCUT2D eigenvalue weighted by Crippen LogP contribution is 2.11. The van der Waals surface area contributed by atoms with Crippen molar-refractivity contribution >= 4 is 5.97 Å². The molecule has 0 rings (SSSR count). The van der Waals surface area contributed by atoms with Crippen molar-refractivity contribution in [3.63, 3.8) is 0 Å². The fourth-order valence-electron chi connectivity index (χ4n) is 1.04. The highest BCUT2D eigenvalue weighted by Gasteiger charge is 2.14. The van der Waals surface area contributed by atoms with E-state index in [1.54, 1.807) is 0 Å². The summed E-state index contributed by atoms with van der Waals surface area (Å²) in [5.41, 5.74) is 5.28. The molecule has 11 heavy (non-hydrogen) atoms. The monoisotopic (exact) mass is 159 g/mol. The van der Waals surface area contributed by atoms with Gasteiger partial charge < -0.3 is 10.8 Å². The Morgan fingerprint density at radius 3 is 2.55 bits per heavy atom. The van der Waals surface area contributed by atoms with E-state index in [9.17, 15) is 4.79 Å². The average molecular weight is 159 g/mol. The Kier molecular flexibility index (Phi) is 5.84. The molecule has 0 aliphatic heterocycles. The van der Waals surface area contributed by atoms with E-state index < -0.39 is 5.97 Å². The van der Waals surface area contributed by atoms with E-state index in [0.717, 1.165) is 19.3 Å². The van der Waals surface area contributed by atoms with Crippen molar-refractivity contribution in [2.24, 2.45) is 11.7 Å². The molecule has 0 spiro atoms. The van der Waals surface area contributed by atoms with Crippen molar-refractivity contribution in [3.05, 3.63) is 0 Å². The highest BCUT2D eigenvalue weighted by molar-refractivity contribution is 5.69. The number of hydrogen-bond donors (Lipinski definition) is 2. The maximum absolute atomic E-state index is 10.5. The third-order valence-corrected chi connectivity index (χ3v) is 1.77. The summed E-state index contributed by atoms with van der Waals surface area (Å²) in [6.45, 7) is 2.53. The Balaban J connectivity index is 3.60. The van der Waals surface area contributed by atoms with Crippen molar-refractivity contribution in [2.45, 2.75) is 32.6 Å². The molecule has 0 bridgehead atoms. The molecule has 3 nitrogen and oxygen atoms in total. The first-order valence-corrected chi connectivity index (χ1v) is 4.15. The van der Waals surface area contributed by atoms with Crippen LogP contribution in [0.3, 0.4) is 0 Å². The smallest absolute Gasteiger partial charge is 0.306 e. The van der Waals surface area contributed by atoms with E-state index in [2.05, 4.69) is 6.92 Å². The van der Waals surface area contributed by atoms with Crippen LogP contribution in [0.5, 0.6) is 0 Å². The maximum Gasteiger partial charge on any atom is 0.306 e. The second kappa shape index (κ2) is 6.16. The van der Waals surface area contributed by atoms with Gasteiger partial charge >= 0.3 is 5.97 Å². The lowest BCUT2D eigenvalue weighted by atomic mass is 9.99. The summed E-state index contributed by atoms with van der Waals surface area (Å²) in [6, 6.07) is 0. The van der Waals surface area contributed by atoms with Gasteiger partial charge in [-0.25, -0.2) is 0 Å². The summed E-state index contributed by atoms with van der Waals surface area (Å²) in [5.74, 6) is -0.927. The van der Waals surface area contributed by atoms with Gasteiger partial charge in [0.05, 0.1) is 5.92 Å². The number of rotatable bonds is 6. The van der Waals surface area contributed by atoms with Crippen LogP contribution in [0, 0.1) is 5.92 Å². The SMILES string of the molecule is CCCCC(CCN)C(=O)O. The molecule has 0 amide bonds. The summed E-state index contributed by atoms with van der Waals surface area (Å²) >= 11 is 0. The van der Waals surface area contributed by atoms with Gasteiger partial charge in [0.15, 0.2) is 0 Å². The Hall–Kier alpha value is -0.570. The van der Waals surface area contributed by atoms with Gasteiger partial charge in [-0.15, -0.1) is 0 Å². The molecule has 0 fully saturated rings. The molecule has 66 valence electrons. The molecular weight excluding hydrogens is 142 g/mol. The van der Waals surface area contributed by atoms with Crippen LogP contribution < -0.4 is 5.73 Å². The Morgan fingerprint density at radius 2 is 2.18 bits per heavy atom. The first kappa shape index (κ1) is 10.4. The van der Waals surface area contributed by atoms with Crippen molar-refractivity contribution in [3.8, 4) is 0 Å². The van der Waals surface area contributed by atoms with Gasteiger partial charge in [-0.3, -0.25) is 4.79 Å². The van der Waals surface area contributed by atoms with Crippen LogP contribution in [0.15, 0.2) is 0 Å². The Bertz CT molecular complexity index is 115. The first-order valence-electron chi connectivity index (χ1n) is 4.15. The number of nitrogens with two attached hydrogens (primary N) is 1. The minimum atomic E-state index is -0.705. The number of hydrogen-bond acceptors (Lipinski definition) is 2. The number of aliphatic carboxylic acids is 1. The number of unbranched alkanes of at least 4 members (excludes halogenated alkanes) is 1. The Morgan fingerprint density at radius 1 is 1.55 bits per heavy atom. The van der Waals surface area contributed by atoms with Crippen molar-refractivity contribution in [2.75, 3.05) is 6.54 Å². The van der Waals surface area contributed by atoms with E-state index in [1.165, 1.54) is 0 Å². The second-order valence-corrected chi connectivity index (χ2v) is 2.75.